The number of nitrogens with zero attached hydrogens (tertiary/aromatic N) is 1. The fraction of sp³-hybridized carbons (Fsp3) is 0.700. The lowest BCUT2D eigenvalue weighted by Crippen LogP contribution is -2.47. The van der Waals surface area contributed by atoms with E-state index in [1.165, 1.54) is 18.1 Å². The lowest BCUT2D eigenvalue weighted by Gasteiger charge is -2.30. The highest BCUT2D eigenvalue weighted by molar-refractivity contribution is 5.92. The molecule has 0 spiro atoms. The Morgan fingerprint density at radius 3 is 1.93 bits per heavy atom. The van der Waals surface area contributed by atoms with Gasteiger partial charge in [-0.2, -0.15) is 0 Å². The third-order valence-electron chi connectivity index (χ3n) is 3.91. The van der Waals surface area contributed by atoms with Gasteiger partial charge in [0.2, 0.25) is 0 Å². The van der Waals surface area contributed by atoms with E-state index in [4.69, 9.17) is 18.9 Å². The summed E-state index contributed by atoms with van der Waals surface area (Å²) < 4.78 is 20.1. The lowest BCUT2D eigenvalue weighted by molar-refractivity contribution is -0.146. The number of alkyl carbamates (subject to hydrolysis) is 1. The molecule has 2 atom stereocenters. The van der Waals surface area contributed by atoms with Crippen molar-refractivity contribution in [1.29, 1.82) is 0 Å². The molecule has 0 radical (unpaired) electrons. The second-order valence-electron chi connectivity index (χ2n) is 8.77. The van der Waals surface area contributed by atoms with Crippen LogP contribution in [-0.4, -0.2) is 66.5 Å². The van der Waals surface area contributed by atoms with E-state index in [0.717, 1.165) is 7.11 Å². The fourth-order valence-corrected chi connectivity index (χ4v) is 2.82. The van der Waals surface area contributed by atoms with Gasteiger partial charge in [0.05, 0.1) is 20.3 Å². The second kappa shape index (κ2) is 9.82. The molecule has 1 N–H and O–H groups in total. The standard InChI is InChI=1S/C20H32N2O8/c1-19(2,3)29-17(25)21-13(15(23)27-7)11-12-9-10-14(16(24)28-8)22(12)18(26)30-20(4,5)6/h11-12,14H,9-10H2,1-8H3,(H,21,25)/b13-11-/t12-,14+/m1/s1. The van der Waals surface area contributed by atoms with E-state index < -0.39 is 47.4 Å². The maximum Gasteiger partial charge on any atom is 0.412 e. The van der Waals surface area contributed by atoms with Gasteiger partial charge in [0.15, 0.2) is 0 Å². The third-order valence-corrected chi connectivity index (χ3v) is 3.91. The number of rotatable bonds is 4. The van der Waals surface area contributed by atoms with Crippen LogP contribution in [0.3, 0.4) is 0 Å². The van der Waals surface area contributed by atoms with E-state index in [0.29, 0.717) is 12.8 Å². The summed E-state index contributed by atoms with van der Waals surface area (Å²) in [6, 6.07) is -1.60. The smallest absolute Gasteiger partial charge is 0.412 e. The number of carbonyl (C=O) groups excluding carboxylic acids is 4. The van der Waals surface area contributed by atoms with Crippen LogP contribution < -0.4 is 5.32 Å². The van der Waals surface area contributed by atoms with Crippen LogP contribution in [0, 0.1) is 0 Å². The number of hydrogen-bond acceptors (Lipinski definition) is 8. The number of ether oxygens (including phenoxy) is 4. The number of likely N-dealkylation sites (tertiary alicyclic amines) is 1. The molecule has 10 heteroatoms. The van der Waals surface area contributed by atoms with E-state index in [2.05, 4.69) is 5.32 Å². The summed E-state index contributed by atoms with van der Waals surface area (Å²) >= 11 is 0. The summed E-state index contributed by atoms with van der Waals surface area (Å²) in [5.41, 5.74) is -1.79. The lowest BCUT2D eigenvalue weighted by atomic mass is 10.1. The van der Waals surface area contributed by atoms with Crippen LogP contribution in [0.5, 0.6) is 0 Å². The molecule has 10 nitrogen and oxygen atoms in total. The molecule has 2 amide bonds. The number of methoxy groups -OCH3 is 2. The molecule has 170 valence electrons. The van der Waals surface area contributed by atoms with Gasteiger partial charge in [-0.1, -0.05) is 0 Å². The average Bonchev–Trinajstić information content (AvgIpc) is 3.00. The molecule has 0 aromatic rings. The summed E-state index contributed by atoms with van der Waals surface area (Å²) in [4.78, 5) is 50.5. The van der Waals surface area contributed by atoms with Crippen LogP contribution >= 0.6 is 0 Å². The number of esters is 2. The van der Waals surface area contributed by atoms with Crippen LogP contribution in [0.2, 0.25) is 0 Å². The Hall–Kier alpha value is -2.78. The maximum atomic E-state index is 12.8. The third kappa shape index (κ3) is 7.57. The van der Waals surface area contributed by atoms with Gasteiger partial charge in [0.1, 0.15) is 22.9 Å². The summed E-state index contributed by atoms with van der Waals surface area (Å²) in [5.74, 6) is -1.43. The van der Waals surface area contributed by atoms with Gasteiger partial charge in [-0.15, -0.1) is 0 Å². The Balaban J connectivity index is 3.23. The minimum absolute atomic E-state index is 0.212. The predicted molar refractivity (Wildman–Crippen MR) is 106 cm³/mol. The van der Waals surface area contributed by atoms with E-state index in [1.807, 2.05) is 0 Å². The van der Waals surface area contributed by atoms with Crippen molar-refractivity contribution in [2.45, 2.75) is 77.7 Å². The molecular formula is C20H32N2O8. The Morgan fingerprint density at radius 1 is 0.900 bits per heavy atom. The van der Waals surface area contributed by atoms with Crippen LogP contribution in [0.15, 0.2) is 11.8 Å². The molecule has 0 bridgehead atoms. The minimum atomic E-state index is -0.883. The molecule has 1 heterocycles. The zero-order chi connectivity index (χ0) is 23.3. The van der Waals surface area contributed by atoms with Gasteiger partial charge in [0, 0.05) is 0 Å². The van der Waals surface area contributed by atoms with Gasteiger partial charge in [-0.3, -0.25) is 10.2 Å². The molecule has 30 heavy (non-hydrogen) atoms. The second-order valence-corrected chi connectivity index (χ2v) is 8.77. The molecule has 0 saturated carbocycles. The normalized spacial score (nSPS) is 19.7. The summed E-state index contributed by atoms with van der Waals surface area (Å²) in [6.07, 6.45) is 0.398. The van der Waals surface area contributed by atoms with Gasteiger partial charge in [0.25, 0.3) is 0 Å². The van der Waals surface area contributed by atoms with E-state index in [9.17, 15) is 19.2 Å². The first-order chi connectivity index (χ1) is 13.7. The van der Waals surface area contributed by atoms with E-state index >= 15 is 0 Å². The first-order valence-electron chi connectivity index (χ1n) is 9.57. The Kier molecular flexibility index (Phi) is 8.26. The number of carbonyl (C=O) groups is 4. The van der Waals surface area contributed by atoms with Crippen molar-refractivity contribution in [3.8, 4) is 0 Å². The van der Waals surface area contributed by atoms with Crippen LogP contribution in [0.4, 0.5) is 9.59 Å². The van der Waals surface area contributed by atoms with Crippen molar-refractivity contribution in [3.63, 3.8) is 0 Å². The molecule has 0 aromatic carbocycles. The summed E-state index contributed by atoms with van der Waals surface area (Å²) in [5, 5.41) is 2.35. The number of nitrogens with one attached hydrogen (secondary N) is 1. The number of hydrogen-bond donors (Lipinski definition) is 1. The topological polar surface area (TPSA) is 120 Å². The summed E-state index contributed by atoms with van der Waals surface area (Å²) in [7, 11) is 2.38. The van der Waals surface area contributed by atoms with Crippen molar-refractivity contribution in [2.75, 3.05) is 14.2 Å². The van der Waals surface area contributed by atoms with Gasteiger partial charge in [-0.25, -0.2) is 19.2 Å². The molecule has 1 rings (SSSR count). The van der Waals surface area contributed by atoms with Gasteiger partial charge in [-0.05, 0) is 60.5 Å². The van der Waals surface area contributed by atoms with Crippen molar-refractivity contribution >= 4 is 24.1 Å². The first-order valence-corrected chi connectivity index (χ1v) is 9.57. The van der Waals surface area contributed by atoms with Crippen LogP contribution in [0.25, 0.3) is 0 Å². The SMILES string of the molecule is COC(=O)/C(=C/[C@H]1CC[C@@H](C(=O)OC)N1C(=O)OC(C)(C)C)NC(=O)OC(C)(C)C. The predicted octanol–water partition coefficient (Wildman–Crippen LogP) is 2.51. The van der Waals surface area contributed by atoms with E-state index in [-0.39, 0.29) is 5.70 Å². The molecule has 1 aliphatic rings. The maximum absolute atomic E-state index is 12.8. The van der Waals surface area contributed by atoms with E-state index in [1.54, 1.807) is 41.5 Å². The van der Waals surface area contributed by atoms with Crippen molar-refractivity contribution < 1.29 is 38.1 Å². The van der Waals surface area contributed by atoms with Crippen molar-refractivity contribution in [1.82, 2.24) is 10.2 Å². The van der Waals surface area contributed by atoms with Crippen molar-refractivity contribution in [3.05, 3.63) is 11.8 Å². The highest BCUT2D eigenvalue weighted by Gasteiger charge is 2.43. The van der Waals surface area contributed by atoms with Crippen molar-refractivity contribution in [2.24, 2.45) is 0 Å². The average molecular weight is 428 g/mol. The Bertz CT molecular complexity index is 703. The monoisotopic (exact) mass is 428 g/mol. The van der Waals surface area contributed by atoms with Gasteiger partial charge >= 0.3 is 24.1 Å². The van der Waals surface area contributed by atoms with Crippen LogP contribution in [-0.2, 0) is 28.5 Å². The molecule has 0 unspecified atom stereocenters. The molecule has 0 aromatic heterocycles. The van der Waals surface area contributed by atoms with Crippen LogP contribution in [0.1, 0.15) is 54.4 Å². The molecule has 0 aliphatic carbocycles. The highest BCUT2D eigenvalue weighted by atomic mass is 16.6. The quantitative estimate of drug-likeness (QED) is 0.412. The molecule has 1 aliphatic heterocycles. The Morgan fingerprint density at radius 2 is 1.47 bits per heavy atom. The largest absolute Gasteiger partial charge is 0.467 e. The number of amides is 2. The highest BCUT2D eigenvalue weighted by Crippen LogP contribution is 2.29. The zero-order valence-electron chi connectivity index (χ0n) is 18.9. The minimum Gasteiger partial charge on any atom is -0.467 e. The Labute approximate surface area is 176 Å². The summed E-state index contributed by atoms with van der Waals surface area (Å²) in [6.45, 7) is 10.1. The van der Waals surface area contributed by atoms with Gasteiger partial charge < -0.3 is 18.9 Å². The molecule has 1 saturated heterocycles. The molecule has 1 fully saturated rings. The first kappa shape index (κ1) is 25.3. The fourth-order valence-electron chi connectivity index (χ4n) is 2.82. The zero-order valence-corrected chi connectivity index (χ0v) is 18.9. The molecular weight excluding hydrogens is 396 g/mol.